The number of nitrogens with zero attached hydrogens (tertiary/aromatic N) is 1. The maximum atomic E-state index is 12.7. The van der Waals surface area contributed by atoms with Gasteiger partial charge >= 0.3 is 0 Å². The standard InChI is InChI=1S/C22H36N2O3/c1-4-6-14-22(3,27-5-2)21(25)23-19-10-12-20(13-11-19)26-18-9-17-24-15-7-8-16-24/h10-13H,4-9,14-18H2,1-3H3,(H,23,25). The Balaban J connectivity index is 1.78. The number of hydrogen-bond acceptors (Lipinski definition) is 4. The minimum atomic E-state index is -0.782. The van der Waals surface area contributed by atoms with Gasteiger partial charge in [0, 0.05) is 18.8 Å². The highest BCUT2D eigenvalue weighted by Gasteiger charge is 2.33. The molecule has 1 aromatic rings. The molecule has 1 aromatic carbocycles. The summed E-state index contributed by atoms with van der Waals surface area (Å²) in [5.74, 6) is 0.755. The number of likely N-dealkylation sites (tertiary alicyclic amines) is 1. The molecule has 1 amide bonds. The lowest BCUT2D eigenvalue weighted by atomic mass is 9.97. The van der Waals surface area contributed by atoms with Gasteiger partial charge in [-0.15, -0.1) is 0 Å². The summed E-state index contributed by atoms with van der Waals surface area (Å²) in [6.07, 6.45) is 6.43. The van der Waals surface area contributed by atoms with Crippen molar-refractivity contribution in [2.75, 3.05) is 38.2 Å². The summed E-state index contributed by atoms with van der Waals surface area (Å²) in [6, 6.07) is 7.60. The number of carbonyl (C=O) groups excluding carboxylic acids is 1. The smallest absolute Gasteiger partial charge is 0.256 e. The number of hydrogen-bond donors (Lipinski definition) is 1. The Hall–Kier alpha value is -1.59. The summed E-state index contributed by atoms with van der Waals surface area (Å²) < 4.78 is 11.6. The van der Waals surface area contributed by atoms with E-state index in [4.69, 9.17) is 9.47 Å². The van der Waals surface area contributed by atoms with Gasteiger partial charge in [-0.1, -0.05) is 19.8 Å². The molecule has 1 N–H and O–H groups in total. The second-order valence-electron chi connectivity index (χ2n) is 7.50. The first-order chi connectivity index (χ1) is 13.1. The van der Waals surface area contributed by atoms with Gasteiger partial charge in [0.15, 0.2) is 0 Å². The maximum absolute atomic E-state index is 12.7. The van der Waals surface area contributed by atoms with Crippen molar-refractivity contribution < 1.29 is 14.3 Å². The van der Waals surface area contributed by atoms with Crippen molar-refractivity contribution in [2.24, 2.45) is 0 Å². The molecule has 0 bridgehead atoms. The molecule has 1 saturated heterocycles. The van der Waals surface area contributed by atoms with Crippen LogP contribution in [0.5, 0.6) is 5.75 Å². The van der Waals surface area contributed by atoms with E-state index in [0.29, 0.717) is 6.61 Å². The van der Waals surface area contributed by atoms with Crippen molar-refractivity contribution >= 4 is 11.6 Å². The molecule has 1 heterocycles. The number of unbranched alkanes of at least 4 members (excludes halogenated alkanes) is 1. The summed E-state index contributed by atoms with van der Waals surface area (Å²) in [5, 5.41) is 2.98. The Bertz CT molecular complexity index is 555. The van der Waals surface area contributed by atoms with Crippen molar-refractivity contribution in [3.63, 3.8) is 0 Å². The summed E-state index contributed by atoms with van der Waals surface area (Å²) in [4.78, 5) is 15.2. The van der Waals surface area contributed by atoms with Crippen molar-refractivity contribution in [1.82, 2.24) is 4.90 Å². The van der Waals surface area contributed by atoms with E-state index >= 15 is 0 Å². The highest BCUT2D eigenvalue weighted by Crippen LogP contribution is 2.23. The molecule has 0 radical (unpaired) electrons. The Morgan fingerprint density at radius 2 is 1.85 bits per heavy atom. The van der Waals surface area contributed by atoms with Gasteiger partial charge < -0.3 is 19.7 Å². The van der Waals surface area contributed by atoms with Crippen molar-refractivity contribution in [1.29, 1.82) is 0 Å². The van der Waals surface area contributed by atoms with Crippen LogP contribution in [0, 0.1) is 0 Å². The number of nitrogens with one attached hydrogen (secondary N) is 1. The zero-order chi connectivity index (χ0) is 19.5. The first-order valence-corrected chi connectivity index (χ1v) is 10.5. The van der Waals surface area contributed by atoms with E-state index in [0.717, 1.165) is 50.3 Å². The van der Waals surface area contributed by atoms with Crippen molar-refractivity contribution in [3.05, 3.63) is 24.3 Å². The SMILES string of the molecule is CCCCC(C)(OCC)C(=O)Nc1ccc(OCCCN2CCCC2)cc1. The fraction of sp³-hybridized carbons (Fsp3) is 0.682. The Morgan fingerprint density at radius 1 is 1.15 bits per heavy atom. The average Bonchev–Trinajstić information content (AvgIpc) is 3.18. The molecule has 1 fully saturated rings. The van der Waals surface area contributed by atoms with Crippen LogP contribution in [0.2, 0.25) is 0 Å². The second kappa shape index (κ2) is 11.3. The zero-order valence-electron chi connectivity index (χ0n) is 17.3. The van der Waals surface area contributed by atoms with Crippen LogP contribution in [-0.4, -0.2) is 49.3 Å². The van der Waals surface area contributed by atoms with Gasteiger partial charge in [0.25, 0.3) is 5.91 Å². The fourth-order valence-electron chi connectivity index (χ4n) is 3.47. The van der Waals surface area contributed by atoms with E-state index < -0.39 is 5.60 Å². The minimum absolute atomic E-state index is 0.0860. The fourth-order valence-corrected chi connectivity index (χ4v) is 3.47. The van der Waals surface area contributed by atoms with Crippen molar-refractivity contribution in [2.45, 2.75) is 64.9 Å². The van der Waals surface area contributed by atoms with Gasteiger partial charge in [-0.2, -0.15) is 0 Å². The molecule has 5 heteroatoms. The molecule has 27 heavy (non-hydrogen) atoms. The predicted molar refractivity (Wildman–Crippen MR) is 110 cm³/mol. The third-order valence-electron chi connectivity index (χ3n) is 5.15. The molecular formula is C22H36N2O3. The Labute approximate surface area is 164 Å². The molecule has 0 saturated carbocycles. The summed E-state index contributed by atoms with van der Waals surface area (Å²) in [7, 11) is 0. The van der Waals surface area contributed by atoms with Crippen LogP contribution in [0.1, 0.15) is 59.3 Å². The Morgan fingerprint density at radius 3 is 2.48 bits per heavy atom. The quantitative estimate of drug-likeness (QED) is 0.547. The van der Waals surface area contributed by atoms with Crippen LogP contribution < -0.4 is 10.1 Å². The largest absolute Gasteiger partial charge is 0.494 e. The van der Waals surface area contributed by atoms with Gasteiger partial charge in [0.1, 0.15) is 11.4 Å². The summed E-state index contributed by atoms with van der Waals surface area (Å²) in [5.41, 5.74) is -0.0120. The second-order valence-corrected chi connectivity index (χ2v) is 7.50. The van der Waals surface area contributed by atoms with Crippen LogP contribution in [0.4, 0.5) is 5.69 Å². The van der Waals surface area contributed by atoms with Crippen LogP contribution in [-0.2, 0) is 9.53 Å². The maximum Gasteiger partial charge on any atom is 0.256 e. The number of amides is 1. The molecule has 0 aliphatic carbocycles. The molecule has 1 aliphatic heterocycles. The van der Waals surface area contributed by atoms with E-state index in [-0.39, 0.29) is 5.91 Å². The normalized spacial score (nSPS) is 16.9. The summed E-state index contributed by atoms with van der Waals surface area (Å²) in [6.45, 7) is 10.7. The van der Waals surface area contributed by atoms with Gasteiger partial charge in [0.05, 0.1) is 6.61 Å². The van der Waals surface area contributed by atoms with Crippen molar-refractivity contribution in [3.8, 4) is 5.75 Å². The van der Waals surface area contributed by atoms with Crippen LogP contribution >= 0.6 is 0 Å². The van der Waals surface area contributed by atoms with E-state index in [1.807, 2.05) is 38.1 Å². The van der Waals surface area contributed by atoms with E-state index in [9.17, 15) is 4.79 Å². The first-order valence-electron chi connectivity index (χ1n) is 10.5. The number of anilines is 1. The van der Waals surface area contributed by atoms with Gasteiger partial charge in [-0.3, -0.25) is 4.79 Å². The lowest BCUT2D eigenvalue weighted by Gasteiger charge is -2.28. The summed E-state index contributed by atoms with van der Waals surface area (Å²) >= 11 is 0. The van der Waals surface area contributed by atoms with E-state index in [2.05, 4.69) is 17.1 Å². The van der Waals surface area contributed by atoms with Crippen LogP contribution in [0.25, 0.3) is 0 Å². The highest BCUT2D eigenvalue weighted by atomic mass is 16.5. The van der Waals surface area contributed by atoms with Crippen LogP contribution in [0.3, 0.4) is 0 Å². The monoisotopic (exact) mass is 376 g/mol. The molecular weight excluding hydrogens is 340 g/mol. The van der Waals surface area contributed by atoms with E-state index in [1.54, 1.807) is 0 Å². The lowest BCUT2D eigenvalue weighted by Crippen LogP contribution is -2.42. The third-order valence-corrected chi connectivity index (χ3v) is 5.15. The molecule has 0 spiro atoms. The molecule has 1 aliphatic rings. The molecule has 0 aromatic heterocycles. The molecule has 1 unspecified atom stereocenters. The predicted octanol–water partition coefficient (Wildman–Crippen LogP) is 4.48. The average molecular weight is 377 g/mol. The van der Waals surface area contributed by atoms with Crippen LogP contribution in [0.15, 0.2) is 24.3 Å². The molecule has 2 rings (SSSR count). The molecule has 152 valence electrons. The minimum Gasteiger partial charge on any atom is -0.494 e. The molecule has 1 atom stereocenters. The number of rotatable bonds is 12. The highest BCUT2D eigenvalue weighted by molar-refractivity contribution is 5.97. The third kappa shape index (κ3) is 7.15. The zero-order valence-corrected chi connectivity index (χ0v) is 17.3. The topological polar surface area (TPSA) is 50.8 Å². The molecule has 5 nitrogen and oxygen atoms in total. The van der Waals surface area contributed by atoms with Gasteiger partial charge in [-0.25, -0.2) is 0 Å². The van der Waals surface area contributed by atoms with E-state index in [1.165, 1.54) is 25.9 Å². The Kier molecular flexibility index (Phi) is 9.08. The first kappa shape index (κ1) is 21.7. The van der Waals surface area contributed by atoms with Gasteiger partial charge in [0.2, 0.25) is 0 Å². The number of ether oxygens (including phenoxy) is 2. The number of carbonyl (C=O) groups is 1. The number of benzene rings is 1. The van der Waals surface area contributed by atoms with Gasteiger partial charge in [-0.05, 0) is 76.9 Å². The lowest BCUT2D eigenvalue weighted by molar-refractivity contribution is -0.139.